The molecule has 0 bridgehead atoms. The van der Waals surface area contributed by atoms with E-state index in [1.807, 2.05) is 58.0 Å². The van der Waals surface area contributed by atoms with Crippen molar-refractivity contribution in [2.24, 2.45) is 0 Å². The Balaban J connectivity index is 1.19. The van der Waals surface area contributed by atoms with E-state index >= 15 is 0 Å². The van der Waals surface area contributed by atoms with Gasteiger partial charge in [-0.05, 0) is 73.1 Å². The molecule has 0 aromatic heterocycles. The summed E-state index contributed by atoms with van der Waals surface area (Å²) in [4.78, 5) is 37.0. The minimum atomic E-state index is -0.738. The monoisotopic (exact) mass is 550 g/mol. The van der Waals surface area contributed by atoms with Crippen molar-refractivity contribution in [1.29, 1.82) is 0 Å². The summed E-state index contributed by atoms with van der Waals surface area (Å²) in [5.74, 6) is -1.28. The molecule has 0 spiro atoms. The van der Waals surface area contributed by atoms with Gasteiger partial charge in [0.05, 0.1) is 22.5 Å². The van der Waals surface area contributed by atoms with Crippen molar-refractivity contribution >= 4 is 36.7 Å². The molecule has 2 N–H and O–H groups in total. The van der Waals surface area contributed by atoms with Crippen molar-refractivity contribution in [3.05, 3.63) is 94.5 Å². The van der Waals surface area contributed by atoms with E-state index in [2.05, 4.69) is 34.9 Å². The molecule has 0 saturated carbocycles. The second kappa shape index (κ2) is 10.0. The average Bonchev–Trinajstić information content (AvgIpc) is 3.50. The minimum absolute atomic E-state index is 0.0495. The number of alkyl carbamates (subject to hydrolysis) is 1. The van der Waals surface area contributed by atoms with Crippen LogP contribution in [0.5, 0.6) is 0 Å². The summed E-state index contributed by atoms with van der Waals surface area (Å²) in [6, 6.07) is 21.5. The van der Waals surface area contributed by atoms with Crippen LogP contribution >= 0.6 is 0 Å². The number of anilines is 1. The standard InChI is InChI=1S/C32H31BN2O6/c1-31(2)32(3,4)41-33(40-31)20(15-19-13-14-27-25(16-19)28(36)29(37)35-27)17-34-30(38)39-18-26-23-11-7-5-9-21(23)22-10-6-8-12-24(22)26/h5-16,26H,17-18H2,1-4H3,(H,34,38)(H,35,36,37). The number of hydrogen-bond acceptors (Lipinski definition) is 6. The van der Waals surface area contributed by atoms with Gasteiger partial charge in [0.25, 0.3) is 11.7 Å². The number of benzene rings is 3. The van der Waals surface area contributed by atoms with E-state index < -0.39 is 36.1 Å². The topological polar surface area (TPSA) is 103 Å². The van der Waals surface area contributed by atoms with Crippen LogP contribution in [0.15, 0.2) is 72.2 Å². The number of ketones is 1. The molecule has 3 aromatic rings. The van der Waals surface area contributed by atoms with Crippen molar-refractivity contribution in [1.82, 2.24) is 5.32 Å². The summed E-state index contributed by atoms with van der Waals surface area (Å²) < 4.78 is 18.3. The molecular formula is C32H31BN2O6. The summed E-state index contributed by atoms with van der Waals surface area (Å²) in [5, 5.41) is 5.41. The first-order valence-corrected chi connectivity index (χ1v) is 13.7. The fourth-order valence-corrected chi connectivity index (χ4v) is 5.48. The zero-order valence-electron chi connectivity index (χ0n) is 23.4. The van der Waals surface area contributed by atoms with Gasteiger partial charge in [0.15, 0.2) is 0 Å². The Morgan fingerprint density at radius 1 is 0.927 bits per heavy atom. The minimum Gasteiger partial charge on any atom is -0.449 e. The summed E-state index contributed by atoms with van der Waals surface area (Å²) >= 11 is 0. The molecule has 1 aliphatic carbocycles. The predicted molar refractivity (Wildman–Crippen MR) is 157 cm³/mol. The quantitative estimate of drug-likeness (QED) is 0.316. The van der Waals surface area contributed by atoms with E-state index in [4.69, 9.17) is 14.0 Å². The molecule has 2 heterocycles. The number of carbonyl (C=O) groups is 3. The van der Waals surface area contributed by atoms with Crippen LogP contribution in [0.1, 0.15) is 60.7 Å². The lowest BCUT2D eigenvalue weighted by atomic mass is 9.77. The van der Waals surface area contributed by atoms with Crippen LogP contribution in [0.4, 0.5) is 10.5 Å². The van der Waals surface area contributed by atoms with Crippen molar-refractivity contribution < 1.29 is 28.4 Å². The van der Waals surface area contributed by atoms with Gasteiger partial charge in [-0.15, -0.1) is 0 Å². The normalized spacial score (nSPS) is 18.5. The van der Waals surface area contributed by atoms with Crippen LogP contribution in [0.25, 0.3) is 17.2 Å². The van der Waals surface area contributed by atoms with Crippen molar-refractivity contribution in [2.45, 2.75) is 44.8 Å². The summed E-state index contributed by atoms with van der Waals surface area (Å²) in [5.41, 5.74) is 5.51. The fourth-order valence-electron chi connectivity index (χ4n) is 5.48. The first-order chi connectivity index (χ1) is 19.5. The SMILES string of the molecule is CC1(C)OB(C(=Cc2ccc3c(c2)C(=O)C(=O)N3)CNC(=O)OCC2c3ccccc3-c3ccccc32)OC1(C)C. The zero-order valence-corrected chi connectivity index (χ0v) is 23.4. The third-order valence-electron chi connectivity index (χ3n) is 8.43. The third-order valence-corrected chi connectivity index (χ3v) is 8.43. The highest BCUT2D eigenvalue weighted by Crippen LogP contribution is 2.44. The number of fused-ring (bicyclic) bond motifs is 4. The molecule has 208 valence electrons. The van der Waals surface area contributed by atoms with Gasteiger partial charge in [-0.25, -0.2) is 4.79 Å². The molecule has 9 heteroatoms. The molecular weight excluding hydrogens is 519 g/mol. The molecule has 8 nitrogen and oxygen atoms in total. The zero-order chi connectivity index (χ0) is 28.9. The van der Waals surface area contributed by atoms with Crippen LogP contribution in [-0.4, -0.2) is 49.3 Å². The number of rotatable bonds is 6. The van der Waals surface area contributed by atoms with Crippen LogP contribution in [0.3, 0.4) is 0 Å². The summed E-state index contributed by atoms with van der Waals surface area (Å²) in [6.07, 6.45) is 1.25. The Bertz CT molecular complexity index is 1550. The van der Waals surface area contributed by atoms with E-state index in [9.17, 15) is 14.4 Å². The van der Waals surface area contributed by atoms with Gasteiger partial charge in [-0.2, -0.15) is 0 Å². The third kappa shape index (κ3) is 4.85. The maximum absolute atomic E-state index is 13.0. The molecule has 3 aliphatic rings. The van der Waals surface area contributed by atoms with E-state index in [-0.39, 0.29) is 19.1 Å². The largest absolute Gasteiger partial charge is 0.492 e. The molecule has 0 atom stereocenters. The lowest BCUT2D eigenvalue weighted by Crippen LogP contribution is -2.41. The number of nitrogens with one attached hydrogen (secondary N) is 2. The van der Waals surface area contributed by atoms with Crippen LogP contribution in [-0.2, 0) is 18.8 Å². The van der Waals surface area contributed by atoms with Gasteiger partial charge in [0.2, 0.25) is 0 Å². The molecule has 2 aliphatic heterocycles. The number of carbonyl (C=O) groups excluding carboxylic acids is 3. The van der Waals surface area contributed by atoms with Crippen LogP contribution in [0.2, 0.25) is 0 Å². The molecule has 1 fully saturated rings. The highest BCUT2D eigenvalue weighted by Gasteiger charge is 2.52. The van der Waals surface area contributed by atoms with Crippen molar-refractivity contribution in [3.63, 3.8) is 0 Å². The fraction of sp³-hybridized carbons (Fsp3) is 0.281. The lowest BCUT2D eigenvalue weighted by Gasteiger charge is -2.32. The lowest BCUT2D eigenvalue weighted by molar-refractivity contribution is -0.112. The molecule has 2 amide bonds. The Labute approximate surface area is 239 Å². The second-order valence-corrected chi connectivity index (χ2v) is 11.6. The van der Waals surface area contributed by atoms with Gasteiger partial charge < -0.3 is 24.7 Å². The van der Waals surface area contributed by atoms with Crippen molar-refractivity contribution in [2.75, 3.05) is 18.5 Å². The maximum atomic E-state index is 13.0. The maximum Gasteiger partial charge on any atom is 0.492 e. The number of hydrogen-bond donors (Lipinski definition) is 2. The first-order valence-electron chi connectivity index (χ1n) is 13.7. The van der Waals surface area contributed by atoms with E-state index in [0.717, 1.165) is 22.3 Å². The van der Waals surface area contributed by atoms with E-state index in [1.165, 1.54) is 0 Å². The van der Waals surface area contributed by atoms with E-state index in [0.29, 0.717) is 22.3 Å². The molecule has 41 heavy (non-hydrogen) atoms. The number of Topliss-reactive ketones (excluding diaryl/α,β-unsaturated/α-hetero) is 1. The average molecular weight is 550 g/mol. The highest BCUT2D eigenvalue weighted by atomic mass is 16.7. The highest BCUT2D eigenvalue weighted by molar-refractivity contribution is 6.56. The molecule has 1 saturated heterocycles. The Morgan fingerprint density at radius 3 is 2.17 bits per heavy atom. The Hall–Kier alpha value is -4.21. The van der Waals surface area contributed by atoms with E-state index in [1.54, 1.807) is 18.2 Å². The Kier molecular flexibility index (Phi) is 6.59. The first kappa shape index (κ1) is 27.0. The molecule has 0 radical (unpaired) electrons. The van der Waals surface area contributed by atoms with Gasteiger partial charge in [0.1, 0.15) is 6.61 Å². The van der Waals surface area contributed by atoms with Crippen molar-refractivity contribution in [3.8, 4) is 11.1 Å². The molecule has 3 aromatic carbocycles. The Morgan fingerprint density at radius 2 is 1.54 bits per heavy atom. The number of ether oxygens (including phenoxy) is 1. The molecule has 6 rings (SSSR count). The smallest absolute Gasteiger partial charge is 0.449 e. The summed E-state index contributed by atoms with van der Waals surface area (Å²) in [6.45, 7) is 8.10. The number of amides is 2. The van der Waals surface area contributed by atoms with Crippen LogP contribution in [0, 0.1) is 0 Å². The van der Waals surface area contributed by atoms with Gasteiger partial charge in [0, 0.05) is 12.5 Å². The predicted octanol–water partition coefficient (Wildman–Crippen LogP) is 5.37. The second-order valence-electron chi connectivity index (χ2n) is 11.6. The molecule has 0 unspecified atom stereocenters. The summed E-state index contributed by atoms with van der Waals surface area (Å²) in [7, 11) is -0.738. The van der Waals surface area contributed by atoms with Gasteiger partial charge in [-0.1, -0.05) is 60.7 Å². The van der Waals surface area contributed by atoms with Crippen LogP contribution < -0.4 is 10.6 Å². The van der Waals surface area contributed by atoms with Gasteiger partial charge in [-0.3, -0.25) is 9.59 Å². The van der Waals surface area contributed by atoms with Gasteiger partial charge >= 0.3 is 13.2 Å².